The molecule has 3 aromatic carbocycles. The molecule has 0 aliphatic carbocycles. The number of para-hydroxylation sites is 2. The molecule has 0 saturated carbocycles. The zero-order valence-corrected chi connectivity index (χ0v) is 24.2. The van der Waals surface area contributed by atoms with Gasteiger partial charge in [0.1, 0.15) is 0 Å². The zero-order chi connectivity index (χ0) is 29.2. The van der Waals surface area contributed by atoms with E-state index in [0.717, 1.165) is 36.3 Å². The Morgan fingerprint density at radius 3 is 2.55 bits per heavy atom. The minimum Gasteiger partial charge on any atom is -0.493 e. The number of nitrogens with one attached hydrogen (secondary N) is 1. The largest absolute Gasteiger partial charge is 0.493 e. The summed E-state index contributed by atoms with van der Waals surface area (Å²) in [6.07, 6.45) is 3.68. The monoisotopic (exact) mass is 568 g/mol. The normalized spacial score (nSPS) is 19.5. The highest BCUT2D eigenvalue weighted by molar-refractivity contribution is 6.12. The molecule has 1 amide bonds. The van der Waals surface area contributed by atoms with Crippen LogP contribution in [0, 0.1) is 0 Å². The summed E-state index contributed by atoms with van der Waals surface area (Å²) in [5.41, 5.74) is 6.36. The third-order valence-electron chi connectivity index (χ3n) is 8.11. The Balaban J connectivity index is 1.27. The van der Waals surface area contributed by atoms with Crippen molar-refractivity contribution in [3.63, 3.8) is 0 Å². The van der Waals surface area contributed by atoms with Crippen LogP contribution in [0.3, 0.4) is 0 Å². The molecule has 6 rings (SSSR count). The van der Waals surface area contributed by atoms with E-state index >= 15 is 0 Å². The second-order valence-corrected chi connectivity index (χ2v) is 10.7. The van der Waals surface area contributed by atoms with Gasteiger partial charge in [0.2, 0.25) is 12.0 Å². The second kappa shape index (κ2) is 11.9. The van der Waals surface area contributed by atoms with E-state index in [1.165, 1.54) is 11.1 Å². The minimum absolute atomic E-state index is 0.0256. The highest BCUT2D eigenvalue weighted by atomic mass is 17.2. The van der Waals surface area contributed by atoms with Gasteiger partial charge in [0.15, 0.2) is 5.75 Å². The number of benzene rings is 3. The van der Waals surface area contributed by atoms with Crippen LogP contribution in [0.2, 0.25) is 0 Å². The first-order chi connectivity index (χ1) is 20.5. The number of aliphatic imine (C=N–C) groups is 1. The average Bonchev–Trinajstić information content (AvgIpc) is 3.54. The Labute approximate surface area is 246 Å². The van der Waals surface area contributed by atoms with Gasteiger partial charge in [-0.1, -0.05) is 49.9 Å². The van der Waals surface area contributed by atoms with Crippen LogP contribution < -0.4 is 24.7 Å². The Bertz CT molecular complexity index is 1520. The Morgan fingerprint density at radius 1 is 1.07 bits per heavy atom. The quantitative estimate of drug-likeness (QED) is 0.199. The molecular formula is C33H36N4O5. The summed E-state index contributed by atoms with van der Waals surface area (Å²) < 4.78 is 11.2. The first-order valence-electron chi connectivity index (χ1n) is 14.3. The second-order valence-electron chi connectivity index (χ2n) is 10.7. The Morgan fingerprint density at radius 2 is 1.81 bits per heavy atom. The summed E-state index contributed by atoms with van der Waals surface area (Å²) in [4.78, 5) is 34.5. The number of rotatable bonds is 10. The molecule has 0 spiro atoms. The molecule has 3 aliphatic rings. The van der Waals surface area contributed by atoms with Crippen LogP contribution in [0.4, 0.5) is 17.1 Å². The molecule has 42 heavy (non-hydrogen) atoms. The van der Waals surface area contributed by atoms with Crippen molar-refractivity contribution in [2.45, 2.75) is 44.5 Å². The van der Waals surface area contributed by atoms with Gasteiger partial charge in [-0.2, -0.15) is 4.89 Å². The maximum atomic E-state index is 13.8. The fraction of sp³-hybridized carbons (Fsp3) is 0.333. The number of amides is 1. The summed E-state index contributed by atoms with van der Waals surface area (Å²) in [6, 6.07) is 19.7. The lowest BCUT2D eigenvalue weighted by Crippen LogP contribution is -2.46. The maximum absolute atomic E-state index is 13.8. The van der Waals surface area contributed by atoms with Crippen LogP contribution in [0.25, 0.3) is 0 Å². The SMILES string of the molecule is C=C(CC)N=C[C@@H]1Cc2ccccc2N1C(COC)OOc1cc2c(cc1OC)C(=O)N1c3ccccc3C[C@H]1CN2. The van der Waals surface area contributed by atoms with Crippen molar-refractivity contribution in [1.82, 2.24) is 0 Å². The van der Waals surface area contributed by atoms with E-state index in [4.69, 9.17) is 19.2 Å². The molecule has 218 valence electrons. The average molecular weight is 569 g/mol. The van der Waals surface area contributed by atoms with E-state index in [1.54, 1.807) is 26.4 Å². The molecule has 3 aliphatic heterocycles. The molecule has 9 nitrogen and oxygen atoms in total. The van der Waals surface area contributed by atoms with Gasteiger partial charge >= 0.3 is 0 Å². The molecule has 3 atom stereocenters. The molecule has 1 N–H and O–H groups in total. The number of methoxy groups -OCH3 is 2. The van der Waals surface area contributed by atoms with Crippen molar-refractivity contribution in [3.8, 4) is 11.5 Å². The standard InChI is InChI=1S/C33H36N4O5/c1-5-21(2)34-18-24-14-22-10-6-8-12-28(22)36(24)32(20-39-3)42-41-31-17-27-26(16-30(31)40-4)33(38)37-25(19-35-27)15-23-11-7-9-13-29(23)37/h6-13,16-18,24-25,32,35H,2,5,14-15,19-20H2,1,3-4H3/t24-,25-,32?/m0/s1. The number of carbonyl (C=O) groups excluding carboxylic acids is 1. The van der Waals surface area contributed by atoms with Gasteiger partial charge < -0.3 is 29.5 Å². The number of carbonyl (C=O) groups is 1. The minimum atomic E-state index is -0.593. The number of hydrogen-bond acceptors (Lipinski definition) is 8. The van der Waals surface area contributed by atoms with Crippen LogP contribution in [-0.4, -0.2) is 57.8 Å². The van der Waals surface area contributed by atoms with Gasteiger partial charge in [-0.25, -0.2) is 0 Å². The van der Waals surface area contributed by atoms with Crippen molar-refractivity contribution in [2.24, 2.45) is 4.99 Å². The van der Waals surface area contributed by atoms with E-state index in [-0.39, 0.29) is 24.6 Å². The highest BCUT2D eigenvalue weighted by Gasteiger charge is 2.38. The number of hydrogen-bond donors (Lipinski definition) is 1. The number of fused-ring (bicyclic) bond motifs is 5. The Kier molecular flexibility index (Phi) is 7.86. The molecule has 3 aromatic rings. The fourth-order valence-electron chi connectivity index (χ4n) is 5.98. The summed E-state index contributed by atoms with van der Waals surface area (Å²) in [5, 5.41) is 3.46. The molecule has 0 radical (unpaired) electrons. The summed E-state index contributed by atoms with van der Waals surface area (Å²) in [7, 11) is 3.18. The number of anilines is 3. The fourth-order valence-corrected chi connectivity index (χ4v) is 5.98. The molecule has 0 aromatic heterocycles. The first kappa shape index (κ1) is 27.8. The van der Waals surface area contributed by atoms with E-state index in [0.29, 0.717) is 29.3 Å². The molecule has 1 unspecified atom stereocenters. The van der Waals surface area contributed by atoms with Gasteiger partial charge in [-0.15, -0.1) is 0 Å². The smallest absolute Gasteiger partial charge is 0.260 e. The number of nitrogens with zero attached hydrogens (tertiary/aromatic N) is 3. The zero-order valence-electron chi connectivity index (χ0n) is 24.2. The van der Waals surface area contributed by atoms with Gasteiger partial charge in [0, 0.05) is 43.0 Å². The molecule has 0 saturated heterocycles. The van der Waals surface area contributed by atoms with E-state index in [1.807, 2.05) is 48.4 Å². The van der Waals surface area contributed by atoms with Crippen molar-refractivity contribution < 1.29 is 24.0 Å². The van der Waals surface area contributed by atoms with E-state index < -0.39 is 6.23 Å². The van der Waals surface area contributed by atoms with Crippen LogP contribution in [0.15, 0.2) is 77.9 Å². The van der Waals surface area contributed by atoms with Gasteiger partial charge in [-0.05, 0) is 48.6 Å². The van der Waals surface area contributed by atoms with Gasteiger partial charge in [0.05, 0.1) is 37.1 Å². The number of allylic oxidation sites excluding steroid dienone is 1. The lowest BCUT2D eigenvalue weighted by atomic mass is 10.1. The molecule has 3 heterocycles. The molecule has 0 fully saturated rings. The van der Waals surface area contributed by atoms with E-state index in [9.17, 15) is 4.79 Å². The van der Waals surface area contributed by atoms with Crippen molar-refractivity contribution in [1.29, 1.82) is 0 Å². The van der Waals surface area contributed by atoms with Crippen LogP contribution in [0.5, 0.6) is 11.5 Å². The van der Waals surface area contributed by atoms with Gasteiger partial charge in [0.25, 0.3) is 5.91 Å². The topological polar surface area (TPSA) is 84.9 Å². The third kappa shape index (κ3) is 5.10. The lowest BCUT2D eigenvalue weighted by molar-refractivity contribution is -0.254. The van der Waals surface area contributed by atoms with Crippen LogP contribution in [0.1, 0.15) is 34.8 Å². The van der Waals surface area contributed by atoms with Crippen molar-refractivity contribution >= 4 is 29.2 Å². The molecular weight excluding hydrogens is 532 g/mol. The van der Waals surface area contributed by atoms with E-state index in [2.05, 4.69) is 40.0 Å². The van der Waals surface area contributed by atoms with Crippen molar-refractivity contribution in [2.75, 3.05) is 42.5 Å². The van der Waals surface area contributed by atoms with Crippen LogP contribution in [-0.2, 0) is 22.5 Å². The van der Waals surface area contributed by atoms with Crippen LogP contribution >= 0.6 is 0 Å². The van der Waals surface area contributed by atoms with Crippen molar-refractivity contribution in [3.05, 3.63) is 89.6 Å². The number of ether oxygens (including phenoxy) is 2. The third-order valence-corrected chi connectivity index (χ3v) is 8.11. The summed E-state index contributed by atoms with van der Waals surface area (Å²) >= 11 is 0. The lowest BCUT2D eigenvalue weighted by Gasteiger charge is -2.32. The highest BCUT2D eigenvalue weighted by Crippen LogP contribution is 2.41. The molecule has 9 heteroatoms. The first-order valence-corrected chi connectivity index (χ1v) is 14.3. The summed E-state index contributed by atoms with van der Waals surface area (Å²) in [5.74, 6) is 0.680. The maximum Gasteiger partial charge on any atom is 0.260 e. The molecule has 0 bridgehead atoms. The summed E-state index contributed by atoms with van der Waals surface area (Å²) in [6.45, 7) is 6.91. The predicted octanol–water partition coefficient (Wildman–Crippen LogP) is 5.40. The van der Waals surface area contributed by atoms with Gasteiger partial charge in [-0.3, -0.25) is 9.79 Å². The predicted molar refractivity (Wildman–Crippen MR) is 164 cm³/mol. The Hall–Kier alpha value is -4.34.